The van der Waals surface area contributed by atoms with Crippen molar-refractivity contribution in [3.63, 3.8) is 0 Å². The van der Waals surface area contributed by atoms with Crippen molar-refractivity contribution in [1.29, 1.82) is 0 Å². The normalized spacial score (nSPS) is 30.9. The van der Waals surface area contributed by atoms with Crippen molar-refractivity contribution in [3.05, 3.63) is 36.7 Å². The van der Waals surface area contributed by atoms with Crippen LogP contribution in [0.2, 0.25) is 0 Å². The Morgan fingerprint density at radius 2 is 1.93 bits per heavy atom. The number of ether oxygens (including phenoxy) is 1. The quantitative estimate of drug-likeness (QED) is 0.714. The highest BCUT2D eigenvalue weighted by Crippen LogP contribution is 2.55. The number of aromatic nitrogens is 2. The number of carbonyl (C=O) groups excluding carboxylic acids is 1. The number of carbonyl (C=O) groups is 1. The number of thioether (sulfide) groups is 1. The van der Waals surface area contributed by atoms with Gasteiger partial charge in [-0.2, -0.15) is 0 Å². The first kappa shape index (κ1) is 19.0. The topological polar surface area (TPSA) is 56.2 Å². The van der Waals surface area contributed by atoms with E-state index in [0.29, 0.717) is 0 Å². The molecule has 4 saturated carbocycles. The highest BCUT2D eigenvalue weighted by atomic mass is 32.2. The van der Waals surface area contributed by atoms with E-state index in [9.17, 15) is 4.79 Å². The van der Waals surface area contributed by atoms with Crippen LogP contribution < -0.4 is 10.1 Å². The van der Waals surface area contributed by atoms with E-state index in [2.05, 4.69) is 10.3 Å². The van der Waals surface area contributed by atoms with Crippen LogP contribution in [0.5, 0.6) is 5.75 Å². The van der Waals surface area contributed by atoms with Crippen molar-refractivity contribution in [2.45, 2.75) is 61.4 Å². The van der Waals surface area contributed by atoms with Gasteiger partial charge in [0.05, 0.1) is 18.0 Å². The van der Waals surface area contributed by atoms with Crippen molar-refractivity contribution in [1.82, 2.24) is 14.9 Å². The second-order valence-corrected chi connectivity index (χ2v) is 10.5. The van der Waals surface area contributed by atoms with Gasteiger partial charge >= 0.3 is 0 Å². The molecule has 1 amide bonds. The Hall–Kier alpha value is -1.95. The summed E-state index contributed by atoms with van der Waals surface area (Å²) in [5.41, 5.74) is 1.04. The molecule has 4 fully saturated rings. The summed E-state index contributed by atoms with van der Waals surface area (Å²) >= 11 is 1.52. The summed E-state index contributed by atoms with van der Waals surface area (Å²) in [5, 5.41) is 4.14. The smallest absolute Gasteiger partial charge is 0.233 e. The van der Waals surface area contributed by atoms with Gasteiger partial charge in [0.25, 0.3) is 0 Å². The zero-order valence-electron chi connectivity index (χ0n) is 17.1. The van der Waals surface area contributed by atoms with Crippen molar-refractivity contribution in [3.8, 4) is 11.4 Å². The van der Waals surface area contributed by atoms with Gasteiger partial charge in [-0.05, 0) is 75.3 Å². The van der Waals surface area contributed by atoms with E-state index in [4.69, 9.17) is 4.74 Å². The Labute approximate surface area is 176 Å². The van der Waals surface area contributed by atoms with Crippen LogP contribution in [0, 0.1) is 17.8 Å². The molecule has 0 aliphatic heterocycles. The molecular weight excluding hydrogens is 382 g/mol. The summed E-state index contributed by atoms with van der Waals surface area (Å²) in [6.07, 6.45) is 11.4. The molecule has 1 heterocycles. The molecule has 6 rings (SSSR count). The molecule has 5 nitrogen and oxygen atoms in total. The van der Waals surface area contributed by atoms with Crippen LogP contribution in [0.3, 0.4) is 0 Å². The van der Waals surface area contributed by atoms with E-state index < -0.39 is 0 Å². The molecule has 2 aromatic rings. The van der Waals surface area contributed by atoms with E-state index in [1.54, 1.807) is 13.3 Å². The summed E-state index contributed by atoms with van der Waals surface area (Å²) in [5.74, 6) is 3.45. The lowest BCUT2D eigenvalue weighted by Crippen LogP contribution is -2.60. The largest absolute Gasteiger partial charge is 0.497 e. The molecule has 4 bridgehead atoms. The molecule has 4 aliphatic rings. The minimum absolute atomic E-state index is 0.0584. The fraction of sp³-hybridized carbons (Fsp3) is 0.565. The number of amides is 1. The molecule has 1 atom stereocenters. The molecule has 0 saturated heterocycles. The van der Waals surface area contributed by atoms with Crippen LogP contribution in [0.25, 0.3) is 5.69 Å². The molecular formula is C23H29N3O2S. The lowest BCUT2D eigenvalue weighted by atomic mass is 9.53. The standard InChI is InChI=1S/C23H29N3O2S/c1-15(21(27)25-23-12-16-8-17(13-23)10-18(9-16)14-23)29-22-24-6-7-26(22)19-4-3-5-20(11-19)28-2/h3-7,11,15-18H,8-10,12-14H2,1-2H3,(H,25,27). The number of rotatable bonds is 6. The summed E-state index contributed by atoms with van der Waals surface area (Å²) in [6.45, 7) is 1.99. The number of benzene rings is 1. The van der Waals surface area contributed by atoms with Crippen LogP contribution in [0.4, 0.5) is 0 Å². The Morgan fingerprint density at radius 1 is 1.24 bits per heavy atom. The van der Waals surface area contributed by atoms with Crippen molar-refractivity contribution in [2.75, 3.05) is 7.11 Å². The Balaban J connectivity index is 1.28. The number of methoxy groups -OCH3 is 1. The van der Waals surface area contributed by atoms with E-state index in [1.165, 1.54) is 50.3 Å². The first-order chi connectivity index (χ1) is 14.0. The number of hydrogen-bond acceptors (Lipinski definition) is 4. The maximum atomic E-state index is 13.1. The highest BCUT2D eigenvalue weighted by molar-refractivity contribution is 8.00. The molecule has 6 heteroatoms. The molecule has 154 valence electrons. The molecule has 29 heavy (non-hydrogen) atoms. The number of imidazole rings is 1. The van der Waals surface area contributed by atoms with Gasteiger partial charge in [-0.25, -0.2) is 4.98 Å². The Kier molecular flexibility index (Phi) is 4.85. The van der Waals surface area contributed by atoms with Gasteiger partial charge in [0, 0.05) is 24.0 Å². The maximum absolute atomic E-state index is 13.1. The summed E-state index contributed by atoms with van der Waals surface area (Å²) < 4.78 is 7.36. The fourth-order valence-electron chi connectivity index (χ4n) is 6.17. The van der Waals surface area contributed by atoms with Crippen LogP contribution in [-0.4, -0.2) is 33.4 Å². The Morgan fingerprint density at radius 3 is 2.59 bits per heavy atom. The number of nitrogens with one attached hydrogen (secondary N) is 1. The van der Waals surface area contributed by atoms with E-state index in [-0.39, 0.29) is 16.7 Å². The number of nitrogens with zero attached hydrogens (tertiary/aromatic N) is 2. The van der Waals surface area contributed by atoms with E-state index >= 15 is 0 Å². The van der Waals surface area contributed by atoms with Crippen LogP contribution >= 0.6 is 11.8 Å². The molecule has 0 spiro atoms. The van der Waals surface area contributed by atoms with Crippen LogP contribution in [0.15, 0.2) is 41.8 Å². The maximum Gasteiger partial charge on any atom is 0.233 e. The van der Waals surface area contributed by atoms with E-state index in [1.807, 2.05) is 42.0 Å². The second kappa shape index (κ2) is 7.38. The highest BCUT2D eigenvalue weighted by Gasteiger charge is 2.51. The molecule has 0 radical (unpaired) electrons. The van der Waals surface area contributed by atoms with Gasteiger partial charge in [0.15, 0.2) is 5.16 Å². The van der Waals surface area contributed by atoms with Crippen molar-refractivity contribution < 1.29 is 9.53 Å². The lowest BCUT2D eigenvalue weighted by Gasteiger charge is -2.57. The van der Waals surface area contributed by atoms with Gasteiger partial charge in [-0.3, -0.25) is 9.36 Å². The molecule has 1 aromatic heterocycles. The third-order valence-corrected chi connectivity index (χ3v) is 8.10. The summed E-state index contributed by atoms with van der Waals surface area (Å²) in [7, 11) is 1.67. The van der Waals surface area contributed by atoms with Gasteiger partial charge in [-0.15, -0.1) is 0 Å². The van der Waals surface area contributed by atoms with Gasteiger partial charge in [0.1, 0.15) is 5.75 Å². The first-order valence-electron chi connectivity index (χ1n) is 10.7. The SMILES string of the molecule is COc1cccc(-n2ccnc2SC(C)C(=O)NC23CC4CC(CC(C4)C2)C3)c1. The first-order valence-corrected chi connectivity index (χ1v) is 11.6. The van der Waals surface area contributed by atoms with Crippen LogP contribution in [0.1, 0.15) is 45.4 Å². The third-order valence-electron chi connectivity index (χ3n) is 7.02. The number of hydrogen-bond donors (Lipinski definition) is 1. The minimum Gasteiger partial charge on any atom is -0.497 e. The van der Waals surface area contributed by atoms with Crippen molar-refractivity contribution in [2.24, 2.45) is 17.8 Å². The third kappa shape index (κ3) is 3.67. The summed E-state index contributed by atoms with van der Waals surface area (Å²) in [4.78, 5) is 17.6. The Bertz CT molecular complexity index is 874. The van der Waals surface area contributed by atoms with Crippen LogP contribution in [-0.2, 0) is 4.79 Å². The predicted molar refractivity (Wildman–Crippen MR) is 114 cm³/mol. The fourth-order valence-corrected chi connectivity index (χ4v) is 7.06. The van der Waals surface area contributed by atoms with Gasteiger partial charge in [-0.1, -0.05) is 17.8 Å². The average molecular weight is 412 g/mol. The zero-order chi connectivity index (χ0) is 20.0. The second-order valence-electron chi connectivity index (χ2n) is 9.23. The monoisotopic (exact) mass is 411 g/mol. The predicted octanol–water partition coefficient (Wildman–Crippen LogP) is 4.45. The van der Waals surface area contributed by atoms with E-state index in [0.717, 1.165) is 34.3 Å². The average Bonchev–Trinajstić information content (AvgIpc) is 3.14. The van der Waals surface area contributed by atoms with Gasteiger partial charge in [0.2, 0.25) is 5.91 Å². The minimum atomic E-state index is -0.185. The summed E-state index contributed by atoms with van der Waals surface area (Å²) in [6, 6.07) is 7.89. The van der Waals surface area contributed by atoms with Crippen molar-refractivity contribution >= 4 is 17.7 Å². The molecule has 1 unspecified atom stereocenters. The zero-order valence-corrected chi connectivity index (χ0v) is 18.0. The lowest BCUT2D eigenvalue weighted by molar-refractivity contribution is -0.126. The molecule has 4 aliphatic carbocycles. The van der Waals surface area contributed by atoms with Gasteiger partial charge < -0.3 is 10.1 Å². The molecule has 1 aromatic carbocycles. The molecule has 1 N–H and O–H groups in total.